The van der Waals surface area contributed by atoms with Crippen molar-refractivity contribution in [3.05, 3.63) is 0 Å². The van der Waals surface area contributed by atoms with Gasteiger partial charge in [0.05, 0.1) is 12.5 Å². The number of piperidine rings is 1. The van der Waals surface area contributed by atoms with Crippen LogP contribution in [0.5, 0.6) is 0 Å². The number of primary amides is 1. The average molecular weight is 264 g/mol. The molecule has 2 amide bonds. The maximum Gasteiger partial charge on any atom is 0.240 e. The third-order valence-corrected chi connectivity index (χ3v) is 2.92. The molecule has 100 valence electrons. The predicted octanol–water partition coefficient (Wildman–Crippen LogP) is 0.115. The van der Waals surface area contributed by atoms with E-state index in [4.69, 9.17) is 11.5 Å². The number of nitrogens with two attached hydrogens (primary N) is 2. The van der Waals surface area contributed by atoms with Crippen LogP contribution in [0.15, 0.2) is 0 Å². The highest BCUT2D eigenvalue weighted by Crippen LogP contribution is 2.21. The lowest BCUT2D eigenvalue weighted by Crippen LogP contribution is -2.50. The Kier molecular flexibility index (Phi) is 6.49. The van der Waals surface area contributed by atoms with E-state index in [1.54, 1.807) is 4.90 Å². The van der Waals surface area contributed by atoms with Gasteiger partial charge in [0.25, 0.3) is 0 Å². The van der Waals surface area contributed by atoms with Gasteiger partial charge >= 0.3 is 0 Å². The number of amides is 2. The molecule has 5 nitrogen and oxygen atoms in total. The second-order valence-electron chi connectivity index (χ2n) is 4.97. The quantitative estimate of drug-likeness (QED) is 0.758. The molecular weight excluding hydrogens is 242 g/mol. The van der Waals surface area contributed by atoms with Crippen LogP contribution in [0.25, 0.3) is 0 Å². The molecule has 0 saturated carbocycles. The monoisotopic (exact) mass is 263 g/mol. The fourth-order valence-corrected chi connectivity index (χ4v) is 2.38. The molecule has 1 fully saturated rings. The van der Waals surface area contributed by atoms with Gasteiger partial charge < -0.3 is 16.4 Å². The molecule has 1 aliphatic heterocycles. The summed E-state index contributed by atoms with van der Waals surface area (Å²) in [4.78, 5) is 24.4. The molecule has 0 bridgehead atoms. The maximum absolute atomic E-state index is 11.9. The average Bonchev–Trinajstić information content (AvgIpc) is 2.13. The van der Waals surface area contributed by atoms with Crippen molar-refractivity contribution in [1.29, 1.82) is 0 Å². The van der Waals surface area contributed by atoms with Gasteiger partial charge in [-0.3, -0.25) is 9.59 Å². The van der Waals surface area contributed by atoms with Gasteiger partial charge in [0.2, 0.25) is 11.8 Å². The number of carbonyl (C=O) groups excluding carboxylic acids is 2. The van der Waals surface area contributed by atoms with Gasteiger partial charge in [0, 0.05) is 13.1 Å². The van der Waals surface area contributed by atoms with Crippen molar-refractivity contribution in [2.75, 3.05) is 13.1 Å². The predicted molar refractivity (Wildman–Crippen MR) is 68.6 cm³/mol. The SMILES string of the molecule is CC1CC(C)CN(C(=O)C(N)CC(N)=O)C1.Cl. The minimum Gasteiger partial charge on any atom is -0.370 e. The summed E-state index contributed by atoms with van der Waals surface area (Å²) in [7, 11) is 0. The summed E-state index contributed by atoms with van der Waals surface area (Å²) in [6, 6.07) is -0.782. The Labute approximate surface area is 108 Å². The van der Waals surface area contributed by atoms with Crippen molar-refractivity contribution in [2.24, 2.45) is 23.3 Å². The molecule has 3 atom stereocenters. The van der Waals surface area contributed by atoms with Crippen molar-refractivity contribution in [3.8, 4) is 0 Å². The first-order valence-electron chi connectivity index (χ1n) is 5.72. The third kappa shape index (κ3) is 4.91. The summed E-state index contributed by atoms with van der Waals surface area (Å²) in [6.45, 7) is 5.70. The number of likely N-dealkylation sites (tertiary alicyclic amines) is 1. The molecule has 0 aromatic rings. The van der Waals surface area contributed by atoms with Crippen molar-refractivity contribution in [2.45, 2.75) is 32.7 Å². The van der Waals surface area contributed by atoms with Crippen LogP contribution in [0.1, 0.15) is 26.7 Å². The zero-order valence-electron chi connectivity index (χ0n) is 10.4. The van der Waals surface area contributed by atoms with E-state index in [1.807, 2.05) is 0 Å². The van der Waals surface area contributed by atoms with Crippen LogP contribution in [0.3, 0.4) is 0 Å². The van der Waals surface area contributed by atoms with Crippen LogP contribution in [0, 0.1) is 11.8 Å². The summed E-state index contributed by atoms with van der Waals surface area (Å²) < 4.78 is 0. The Balaban J connectivity index is 0.00000256. The summed E-state index contributed by atoms with van der Waals surface area (Å²) in [6.07, 6.45) is 1.06. The first-order valence-corrected chi connectivity index (χ1v) is 5.72. The molecule has 4 N–H and O–H groups in total. The van der Waals surface area contributed by atoms with Crippen molar-refractivity contribution in [1.82, 2.24) is 4.90 Å². The molecule has 3 unspecified atom stereocenters. The Morgan fingerprint density at radius 2 is 1.76 bits per heavy atom. The molecule has 0 aromatic heterocycles. The highest BCUT2D eigenvalue weighted by Gasteiger charge is 2.28. The van der Waals surface area contributed by atoms with Gasteiger partial charge in [0.1, 0.15) is 0 Å². The van der Waals surface area contributed by atoms with E-state index in [2.05, 4.69) is 13.8 Å². The second kappa shape index (κ2) is 6.81. The minimum absolute atomic E-state index is 0. The molecule has 0 spiro atoms. The molecule has 0 aromatic carbocycles. The standard InChI is InChI=1S/C11H21N3O2.ClH/c1-7-3-8(2)6-14(5-7)11(16)9(12)4-10(13)15;/h7-9H,3-6,12H2,1-2H3,(H2,13,15);1H. The zero-order valence-corrected chi connectivity index (χ0v) is 11.2. The first-order chi connectivity index (χ1) is 7.40. The van der Waals surface area contributed by atoms with Gasteiger partial charge in [-0.15, -0.1) is 12.4 Å². The summed E-state index contributed by atoms with van der Waals surface area (Å²) in [5.74, 6) is 0.304. The normalized spacial score (nSPS) is 25.9. The minimum atomic E-state index is -0.782. The number of hydrogen-bond donors (Lipinski definition) is 2. The Morgan fingerprint density at radius 1 is 1.29 bits per heavy atom. The van der Waals surface area contributed by atoms with E-state index < -0.39 is 11.9 Å². The molecule has 6 heteroatoms. The molecular formula is C11H22ClN3O2. The van der Waals surface area contributed by atoms with E-state index in [0.29, 0.717) is 11.8 Å². The summed E-state index contributed by atoms with van der Waals surface area (Å²) >= 11 is 0. The largest absolute Gasteiger partial charge is 0.370 e. The number of nitrogens with zero attached hydrogens (tertiary/aromatic N) is 1. The summed E-state index contributed by atoms with van der Waals surface area (Å²) in [5.41, 5.74) is 10.7. The van der Waals surface area contributed by atoms with E-state index >= 15 is 0 Å². The lowest BCUT2D eigenvalue weighted by atomic mass is 9.91. The van der Waals surface area contributed by atoms with E-state index in [9.17, 15) is 9.59 Å². The number of hydrogen-bond acceptors (Lipinski definition) is 3. The Morgan fingerprint density at radius 3 is 2.18 bits per heavy atom. The number of halogens is 1. The molecule has 0 radical (unpaired) electrons. The Hall–Kier alpha value is -0.810. The molecule has 0 aliphatic carbocycles. The van der Waals surface area contributed by atoms with Gasteiger partial charge in [-0.2, -0.15) is 0 Å². The van der Waals surface area contributed by atoms with Crippen molar-refractivity contribution >= 4 is 24.2 Å². The van der Waals surface area contributed by atoms with E-state index in [-0.39, 0.29) is 24.7 Å². The lowest BCUT2D eigenvalue weighted by molar-refractivity contribution is -0.137. The smallest absolute Gasteiger partial charge is 0.240 e. The lowest BCUT2D eigenvalue weighted by Gasteiger charge is -2.36. The highest BCUT2D eigenvalue weighted by molar-refractivity contribution is 5.87. The van der Waals surface area contributed by atoms with Crippen LogP contribution in [0.4, 0.5) is 0 Å². The molecule has 1 aliphatic rings. The first kappa shape index (κ1) is 16.2. The van der Waals surface area contributed by atoms with Gasteiger partial charge in [-0.25, -0.2) is 0 Å². The molecule has 17 heavy (non-hydrogen) atoms. The van der Waals surface area contributed by atoms with Gasteiger partial charge in [0.15, 0.2) is 0 Å². The topological polar surface area (TPSA) is 89.4 Å². The molecule has 1 heterocycles. The zero-order chi connectivity index (χ0) is 12.3. The van der Waals surface area contributed by atoms with E-state index in [1.165, 1.54) is 0 Å². The maximum atomic E-state index is 11.9. The number of rotatable bonds is 3. The van der Waals surface area contributed by atoms with E-state index in [0.717, 1.165) is 19.5 Å². The summed E-state index contributed by atoms with van der Waals surface area (Å²) in [5, 5.41) is 0. The second-order valence-corrected chi connectivity index (χ2v) is 4.97. The van der Waals surface area contributed by atoms with Crippen LogP contribution in [0.2, 0.25) is 0 Å². The van der Waals surface area contributed by atoms with Crippen LogP contribution in [-0.4, -0.2) is 35.8 Å². The third-order valence-electron chi connectivity index (χ3n) is 2.92. The van der Waals surface area contributed by atoms with Gasteiger partial charge in [-0.05, 0) is 18.3 Å². The highest BCUT2D eigenvalue weighted by atomic mass is 35.5. The fourth-order valence-electron chi connectivity index (χ4n) is 2.38. The van der Waals surface area contributed by atoms with Gasteiger partial charge in [-0.1, -0.05) is 13.8 Å². The fraction of sp³-hybridized carbons (Fsp3) is 0.818. The number of carbonyl (C=O) groups is 2. The molecule has 1 saturated heterocycles. The van der Waals surface area contributed by atoms with Crippen molar-refractivity contribution < 1.29 is 9.59 Å². The Bertz CT molecular complexity index is 276. The van der Waals surface area contributed by atoms with Crippen LogP contribution in [-0.2, 0) is 9.59 Å². The van der Waals surface area contributed by atoms with Crippen LogP contribution < -0.4 is 11.5 Å². The molecule has 1 rings (SSSR count). The van der Waals surface area contributed by atoms with Crippen molar-refractivity contribution in [3.63, 3.8) is 0 Å². The van der Waals surface area contributed by atoms with Crippen LogP contribution >= 0.6 is 12.4 Å².